The highest BCUT2D eigenvalue weighted by molar-refractivity contribution is 7.13. The van der Waals surface area contributed by atoms with Gasteiger partial charge in [-0.2, -0.15) is 5.26 Å². The minimum Gasteiger partial charge on any atom is -0.337 e. The summed E-state index contributed by atoms with van der Waals surface area (Å²) in [4.78, 5) is 19.0. The van der Waals surface area contributed by atoms with Gasteiger partial charge >= 0.3 is 0 Å². The van der Waals surface area contributed by atoms with Crippen LogP contribution in [0.5, 0.6) is 0 Å². The van der Waals surface area contributed by atoms with E-state index in [4.69, 9.17) is 28.5 Å². The Morgan fingerprint density at radius 2 is 2.32 bits per heavy atom. The van der Waals surface area contributed by atoms with Gasteiger partial charge in [-0.15, -0.1) is 11.3 Å². The van der Waals surface area contributed by atoms with Crippen LogP contribution in [-0.2, 0) is 0 Å². The Morgan fingerprint density at radius 1 is 1.48 bits per heavy atom. The third-order valence-corrected chi connectivity index (χ3v) is 6.41. The number of benzene rings is 1. The summed E-state index contributed by atoms with van der Waals surface area (Å²) in [6, 6.07) is 5.44. The van der Waals surface area contributed by atoms with Crippen molar-refractivity contribution in [2.24, 2.45) is 5.41 Å². The van der Waals surface area contributed by atoms with Gasteiger partial charge in [-0.1, -0.05) is 23.2 Å². The number of carbonyl (C=O) groups excluding carboxylic acids is 1. The van der Waals surface area contributed by atoms with Crippen LogP contribution >= 0.6 is 34.5 Å². The highest BCUT2D eigenvalue weighted by atomic mass is 35.5. The van der Waals surface area contributed by atoms with Crippen molar-refractivity contribution in [2.75, 3.05) is 13.1 Å². The van der Waals surface area contributed by atoms with Crippen molar-refractivity contribution >= 4 is 40.4 Å². The van der Waals surface area contributed by atoms with E-state index in [1.165, 1.54) is 11.3 Å². The summed E-state index contributed by atoms with van der Waals surface area (Å²) in [5.41, 5.74) is 1.28. The van der Waals surface area contributed by atoms with Crippen LogP contribution in [0.4, 0.5) is 0 Å². The van der Waals surface area contributed by atoms with Crippen LogP contribution in [0.2, 0.25) is 10.0 Å². The summed E-state index contributed by atoms with van der Waals surface area (Å²) in [6.07, 6.45) is 3.88. The second-order valence-electron chi connectivity index (χ2n) is 6.51. The van der Waals surface area contributed by atoms with Crippen LogP contribution < -0.4 is 5.32 Å². The summed E-state index contributed by atoms with van der Waals surface area (Å²) in [6.45, 7) is 1.39. The third kappa shape index (κ3) is 2.97. The lowest BCUT2D eigenvalue weighted by Gasteiger charge is -2.15. The van der Waals surface area contributed by atoms with Gasteiger partial charge in [-0.05, 0) is 31.0 Å². The number of hydrogen-bond donors (Lipinski definition) is 1. The van der Waals surface area contributed by atoms with Crippen molar-refractivity contribution in [1.82, 2.24) is 15.2 Å². The molecular weight excluding hydrogens is 379 g/mol. The first kappa shape index (κ1) is 16.6. The van der Waals surface area contributed by atoms with Crippen molar-refractivity contribution in [3.8, 4) is 16.8 Å². The molecule has 4 rings (SSSR count). The molecule has 5 nitrogen and oxygen atoms in total. The number of nitrogens with one attached hydrogen (secondary N) is 1. The summed E-state index contributed by atoms with van der Waals surface area (Å²) < 4.78 is 0. The lowest BCUT2D eigenvalue weighted by Crippen LogP contribution is -2.30. The van der Waals surface area contributed by atoms with E-state index >= 15 is 0 Å². The summed E-state index contributed by atoms with van der Waals surface area (Å²) in [7, 11) is 0. The molecule has 2 heterocycles. The summed E-state index contributed by atoms with van der Waals surface area (Å²) in [5, 5.41) is 15.1. The Kier molecular flexibility index (Phi) is 4.11. The number of aromatic nitrogens is 1. The standard InChI is InChI=1S/C17H14Cl2N4OS/c18-10-1-2-11(12(19)5-10)15-22-13(7-25-15)16(24)23-4-3-17(8-23)6-14(17)21-9-20/h1-2,5,7,14,21H,3-4,6,8H2/t14?,17-/m1/s1. The SMILES string of the molecule is N#CNC1C[C@@]12CCN(C(=O)c1csc(-c3ccc(Cl)cc3Cl)n1)C2. The van der Waals surface area contributed by atoms with Crippen LogP contribution in [0.3, 0.4) is 0 Å². The zero-order valence-electron chi connectivity index (χ0n) is 13.1. The van der Waals surface area contributed by atoms with Gasteiger partial charge in [0.25, 0.3) is 5.91 Å². The number of hydrogen-bond acceptors (Lipinski definition) is 5. The van der Waals surface area contributed by atoms with Gasteiger partial charge in [0.1, 0.15) is 10.7 Å². The first-order valence-corrected chi connectivity index (χ1v) is 9.51. The number of thiazole rings is 1. The molecule has 1 aliphatic heterocycles. The van der Waals surface area contributed by atoms with Gasteiger partial charge in [0.2, 0.25) is 0 Å². The molecule has 128 valence electrons. The predicted molar refractivity (Wildman–Crippen MR) is 97.7 cm³/mol. The van der Waals surface area contributed by atoms with Gasteiger partial charge in [-0.3, -0.25) is 4.79 Å². The molecule has 2 atom stereocenters. The maximum atomic E-state index is 12.7. The van der Waals surface area contributed by atoms with E-state index < -0.39 is 0 Å². The Morgan fingerprint density at radius 3 is 3.08 bits per heavy atom. The monoisotopic (exact) mass is 392 g/mol. The second-order valence-corrected chi connectivity index (χ2v) is 8.22. The molecule has 1 saturated heterocycles. The Hall–Kier alpha value is -1.81. The quantitative estimate of drug-likeness (QED) is 0.636. The molecule has 8 heteroatoms. The number of halogens is 2. The number of nitrogens with zero attached hydrogens (tertiary/aromatic N) is 3. The first-order valence-electron chi connectivity index (χ1n) is 7.87. The Balaban J connectivity index is 1.49. The number of amides is 1. The van der Waals surface area contributed by atoms with Crippen molar-refractivity contribution < 1.29 is 4.79 Å². The third-order valence-electron chi connectivity index (χ3n) is 4.99. The van der Waals surface area contributed by atoms with Gasteiger partial charge in [0.15, 0.2) is 6.19 Å². The molecule has 1 saturated carbocycles. The highest BCUT2D eigenvalue weighted by Gasteiger charge is 2.58. The van der Waals surface area contributed by atoms with Crippen molar-refractivity contribution in [3.05, 3.63) is 39.3 Å². The van der Waals surface area contributed by atoms with E-state index in [0.717, 1.165) is 18.4 Å². The van der Waals surface area contributed by atoms with Crippen LogP contribution in [0, 0.1) is 16.9 Å². The molecule has 1 aromatic heterocycles. The zero-order chi connectivity index (χ0) is 17.6. The Bertz CT molecular complexity index is 893. The number of carbonyl (C=O) groups is 1. The normalized spacial score (nSPS) is 24.4. The fourth-order valence-electron chi connectivity index (χ4n) is 3.47. The maximum Gasteiger partial charge on any atom is 0.273 e. The van der Waals surface area contributed by atoms with E-state index in [2.05, 4.69) is 10.3 Å². The topological polar surface area (TPSA) is 69.0 Å². The summed E-state index contributed by atoms with van der Waals surface area (Å²) >= 11 is 13.5. The molecule has 1 N–H and O–H groups in total. The fraction of sp³-hybridized carbons (Fsp3) is 0.353. The predicted octanol–water partition coefficient (Wildman–Crippen LogP) is 3.79. The molecule has 0 bridgehead atoms. The van der Waals surface area contributed by atoms with Crippen molar-refractivity contribution in [3.63, 3.8) is 0 Å². The minimum atomic E-state index is -0.0629. The van der Waals surface area contributed by atoms with Gasteiger partial charge < -0.3 is 10.2 Å². The molecule has 1 amide bonds. The molecular formula is C17H14Cl2N4OS. The smallest absolute Gasteiger partial charge is 0.273 e. The number of likely N-dealkylation sites (tertiary alicyclic amines) is 1. The molecule has 25 heavy (non-hydrogen) atoms. The first-order chi connectivity index (χ1) is 12.0. The minimum absolute atomic E-state index is 0.0629. The van der Waals surface area contributed by atoms with Crippen LogP contribution in [-0.4, -0.2) is 34.9 Å². The largest absolute Gasteiger partial charge is 0.337 e. The number of rotatable bonds is 3. The zero-order valence-corrected chi connectivity index (χ0v) is 15.5. The molecule has 1 aliphatic carbocycles. The van der Waals surface area contributed by atoms with E-state index in [1.54, 1.807) is 17.5 Å². The van der Waals surface area contributed by atoms with E-state index in [-0.39, 0.29) is 17.4 Å². The lowest BCUT2D eigenvalue weighted by molar-refractivity contribution is 0.0779. The van der Waals surface area contributed by atoms with Crippen LogP contribution in [0.15, 0.2) is 23.6 Å². The number of nitriles is 1. The molecule has 1 spiro atoms. The fourth-order valence-corrected chi connectivity index (χ4v) is 4.86. The molecule has 1 unspecified atom stereocenters. The average molecular weight is 393 g/mol. The van der Waals surface area contributed by atoms with Gasteiger partial charge in [-0.25, -0.2) is 4.98 Å². The van der Waals surface area contributed by atoms with Gasteiger partial charge in [0, 0.05) is 40.5 Å². The van der Waals surface area contributed by atoms with Crippen molar-refractivity contribution in [2.45, 2.75) is 18.9 Å². The molecule has 2 fully saturated rings. The molecule has 2 aromatic rings. The van der Waals surface area contributed by atoms with E-state index in [0.29, 0.717) is 33.8 Å². The van der Waals surface area contributed by atoms with Crippen LogP contribution in [0.1, 0.15) is 23.3 Å². The lowest BCUT2D eigenvalue weighted by atomic mass is 10.1. The maximum absolute atomic E-state index is 12.7. The molecule has 2 aliphatic rings. The average Bonchev–Trinajstić information content (AvgIpc) is 2.94. The molecule has 0 radical (unpaired) electrons. The molecule has 1 aromatic carbocycles. The highest BCUT2D eigenvalue weighted by Crippen LogP contribution is 2.53. The van der Waals surface area contributed by atoms with Gasteiger partial charge in [0.05, 0.1) is 5.02 Å². The van der Waals surface area contributed by atoms with E-state index in [9.17, 15) is 4.79 Å². The van der Waals surface area contributed by atoms with E-state index in [1.807, 2.05) is 17.2 Å². The second kappa shape index (κ2) is 6.17. The van der Waals surface area contributed by atoms with Crippen LogP contribution in [0.25, 0.3) is 10.6 Å². The summed E-state index contributed by atoms with van der Waals surface area (Å²) in [5.74, 6) is -0.0629. The van der Waals surface area contributed by atoms with Crippen molar-refractivity contribution in [1.29, 1.82) is 5.26 Å². The Labute approximate surface area is 159 Å².